The van der Waals surface area contributed by atoms with Crippen molar-refractivity contribution in [3.63, 3.8) is 0 Å². The Hall–Kier alpha value is -0.750. The predicted octanol–water partition coefficient (Wildman–Crippen LogP) is -5.07. The fourth-order valence-corrected chi connectivity index (χ4v) is 0.668. The van der Waals surface area contributed by atoms with Crippen molar-refractivity contribution in [2.24, 2.45) is 0 Å². The maximum Gasteiger partial charge on any atom is 0.466 e. The Morgan fingerprint density at radius 3 is 1.39 bits per heavy atom. The van der Waals surface area contributed by atoms with E-state index < -0.39 is 55.2 Å². The van der Waals surface area contributed by atoms with Gasteiger partial charge in [0.2, 0.25) is 0 Å². The van der Waals surface area contributed by atoms with E-state index in [1.807, 2.05) is 0 Å². The minimum atomic E-state index is -4.67. The molecule has 0 aliphatic heterocycles. The van der Waals surface area contributed by atoms with E-state index in [2.05, 4.69) is 0 Å². The third kappa shape index (κ3) is 26.5. The summed E-state index contributed by atoms with van der Waals surface area (Å²) in [6.07, 6.45) is -7.84. The smallest absolute Gasteiger partial charge is 0.466 e. The van der Waals surface area contributed by atoms with Gasteiger partial charge in [0.15, 0.2) is 6.10 Å². The van der Waals surface area contributed by atoms with E-state index in [1.54, 1.807) is 0 Å². The first-order valence-corrected chi connectivity index (χ1v) is 7.92. The van der Waals surface area contributed by atoms with Gasteiger partial charge in [-0.2, -0.15) is 8.42 Å². The topological polar surface area (TPSA) is 291 Å². The summed E-state index contributed by atoms with van der Waals surface area (Å²) in [6.45, 7) is -0.843. The van der Waals surface area contributed by atoms with E-state index in [0.717, 1.165) is 0 Å². The van der Waals surface area contributed by atoms with Crippen LogP contribution in [0.3, 0.4) is 0 Å². The van der Waals surface area contributed by atoms with E-state index in [4.69, 9.17) is 67.4 Å². The van der Waals surface area contributed by atoms with Crippen LogP contribution in [-0.2, 0) is 19.8 Å². The van der Waals surface area contributed by atoms with Crippen molar-refractivity contribution in [3.05, 3.63) is 0 Å². The minimum Gasteiger partial charge on any atom is -0.479 e. The summed E-state index contributed by atoms with van der Waals surface area (Å²) < 4.78 is 40.5. The molecule has 0 aliphatic carbocycles. The molecular weight excluding hydrogens is 375 g/mol. The van der Waals surface area contributed by atoms with Crippen molar-refractivity contribution < 1.29 is 72.2 Å². The van der Waals surface area contributed by atoms with Gasteiger partial charge in [0.1, 0.15) is 18.3 Å². The number of hydrogen-bond acceptors (Lipinski definition) is 9. The molecule has 17 heteroatoms. The number of aliphatic carboxylic acids is 1. The quantitative estimate of drug-likeness (QED) is 0.154. The highest BCUT2D eigenvalue weighted by atomic mass is 32.3. The van der Waals surface area contributed by atoms with Crippen molar-refractivity contribution in [1.29, 1.82) is 0 Å². The zero-order valence-electron chi connectivity index (χ0n) is 10.9. The van der Waals surface area contributed by atoms with Gasteiger partial charge in [-0.3, -0.25) is 9.11 Å². The maximum atomic E-state index is 10.1. The third-order valence-corrected chi connectivity index (χ3v) is 1.51. The van der Waals surface area contributed by atoms with E-state index in [-0.39, 0.29) is 0 Å². The molecule has 142 valence electrons. The molecule has 0 fully saturated rings. The highest BCUT2D eigenvalue weighted by Crippen LogP contribution is 2.25. The van der Waals surface area contributed by atoms with Crippen LogP contribution < -0.4 is 0 Å². The number of rotatable bonds is 5. The molecule has 0 amide bonds. The molecule has 0 rings (SSSR count). The van der Waals surface area contributed by atoms with Gasteiger partial charge in [0, 0.05) is 0 Å². The van der Waals surface area contributed by atoms with Gasteiger partial charge >= 0.3 is 24.2 Å². The summed E-state index contributed by atoms with van der Waals surface area (Å²) in [6, 6.07) is 0. The molecule has 0 saturated heterocycles. The summed E-state index contributed by atoms with van der Waals surface area (Å²) in [5.74, 6) is -1.73. The molecule has 0 heterocycles. The van der Waals surface area contributed by atoms with E-state index in [1.165, 1.54) is 0 Å². The zero-order chi connectivity index (χ0) is 19.6. The molecule has 4 atom stereocenters. The van der Waals surface area contributed by atoms with Crippen LogP contribution >= 0.6 is 7.82 Å². The third-order valence-electron chi connectivity index (χ3n) is 1.51. The number of carboxylic acids is 1. The summed E-state index contributed by atoms with van der Waals surface area (Å²) in [5.41, 5.74) is 0. The molecule has 0 bridgehead atoms. The molecular formula is C6H17O15PS. The second-order valence-corrected chi connectivity index (χ2v) is 5.40. The largest absolute Gasteiger partial charge is 0.479 e. The van der Waals surface area contributed by atoms with Crippen molar-refractivity contribution in [2.75, 3.05) is 6.61 Å². The van der Waals surface area contributed by atoms with Crippen LogP contribution in [0.25, 0.3) is 0 Å². The summed E-state index contributed by atoms with van der Waals surface area (Å²) in [4.78, 5) is 31.7. The molecule has 4 unspecified atom stereocenters. The molecule has 0 aromatic rings. The molecule has 11 N–H and O–H groups in total. The van der Waals surface area contributed by atoms with Crippen LogP contribution in [0.5, 0.6) is 0 Å². The molecule has 0 aromatic carbocycles. The fourth-order valence-electron chi connectivity index (χ4n) is 0.668. The summed E-state index contributed by atoms with van der Waals surface area (Å²) in [5, 5.41) is 51.8. The lowest BCUT2D eigenvalue weighted by atomic mass is 10.0. The number of phosphoric acid groups is 1. The minimum absolute atomic E-state index is 0.843. The fraction of sp³-hybridized carbons (Fsp3) is 0.833. The van der Waals surface area contributed by atoms with Crippen molar-refractivity contribution >= 4 is 24.2 Å². The second-order valence-electron chi connectivity index (χ2n) is 3.48. The van der Waals surface area contributed by atoms with Gasteiger partial charge in [0.25, 0.3) is 0 Å². The number of carbonyl (C=O) groups is 1. The molecule has 0 aromatic heterocycles. The van der Waals surface area contributed by atoms with Crippen LogP contribution in [0, 0.1) is 0 Å². The monoisotopic (exact) mass is 392 g/mol. The molecule has 0 saturated carbocycles. The first kappa shape index (κ1) is 27.1. The van der Waals surface area contributed by atoms with Crippen molar-refractivity contribution in [3.8, 4) is 0 Å². The molecule has 0 aliphatic rings. The highest BCUT2D eigenvalue weighted by Gasteiger charge is 2.33. The van der Waals surface area contributed by atoms with E-state index in [9.17, 15) is 4.79 Å². The number of carboxylic acid groups (broad SMARTS) is 1. The van der Waals surface area contributed by atoms with Gasteiger partial charge in [-0.15, -0.1) is 0 Å². The Kier molecular flexibility index (Phi) is 13.8. The van der Waals surface area contributed by atoms with E-state index in [0.29, 0.717) is 0 Å². The van der Waals surface area contributed by atoms with Gasteiger partial charge in [-0.25, -0.2) is 9.36 Å². The Morgan fingerprint density at radius 1 is 0.957 bits per heavy atom. The van der Waals surface area contributed by atoms with Crippen LogP contribution in [0.1, 0.15) is 0 Å². The predicted molar refractivity (Wildman–Crippen MR) is 67.2 cm³/mol. The number of hydrogen-bond donors (Lipinski definition) is 11. The van der Waals surface area contributed by atoms with E-state index >= 15 is 0 Å². The summed E-state index contributed by atoms with van der Waals surface area (Å²) >= 11 is 0. The zero-order valence-corrected chi connectivity index (χ0v) is 12.6. The molecule has 0 spiro atoms. The Balaban J connectivity index is -0.000000329. The Morgan fingerprint density at radius 2 is 1.22 bits per heavy atom. The lowest BCUT2D eigenvalue weighted by Gasteiger charge is -2.23. The van der Waals surface area contributed by atoms with Gasteiger partial charge in [-0.05, 0) is 0 Å². The summed E-state index contributed by atoms with van der Waals surface area (Å²) in [7, 11) is -9.31. The molecule has 0 radical (unpaired) electrons. The first-order chi connectivity index (χ1) is 9.91. The molecule has 15 nitrogen and oxygen atoms in total. The van der Waals surface area contributed by atoms with Crippen LogP contribution in [0.4, 0.5) is 0 Å². The van der Waals surface area contributed by atoms with Gasteiger partial charge in [-0.1, -0.05) is 0 Å². The second kappa shape index (κ2) is 11.7. The number of aliphatic hydroxyl groups excluding tert-OH is 5. The lowest BCUT2D eigenvalue weighted by molar-refractivity contribution is -0.164. The first-order valence-electron chi connectivity index (χ1n) is 4.95. The maximum absolute atomic E-state index is 10.1. The Labute approximate surface area is 128 Å². The lowest BCUT2D eigenvalue weighted by Crippen LogP contribution is -2.48. The van der Waals surface area contributed by atoms with Gasteiger partial charge in [0.05, 0.1) is 6.61 Å². The van der Waals surface area contributed by atoms with Gasteiger partial charge < -0.3 is 45.3 Å². The Bertz CT molecular complexity index is 452. The molecule has 23 heavy (non-hydrogen) atoms. The van der Waals surface area contributed by atoms with Crippen LogP contribution in [0.2, 0.25) is 0 Å². The van der Waals surface area contributed by atoms with Crippen LogP contribution in [0.15, 0.2) is 0 Å². The SMILES string of the molecule is O=C(O)C(O)C(O)C(O)C(O)CO.O=P(O)(O)O.O=S(=O)(O)O. The normalized spacial score (nSPS) is 16.6. The average Bonchev–Trinajstić information content (AvgIpc) is 2.30. The van der Waals surface area contributed by atoms with Crippen molar-refractivity contribution in [2.45, 2.75) is 24.4 Å². The van der Waals surface area contributed by atoms with Crippen LogP contribution in [-0.4, -0.2) is 99.8 Å². The van der Waals surface area contributed by atoms with Crippen molar-refractivity contribution in [1.82, 2.24) is 0 Å². The number of aliphatic hydroxyl groups is 5. The average molecular weight is 392 g/mol. The highest BCUT2D eigenvalue weighted by molar-refractivity contribution is 7.79. The standard InChI is InChI=1S/C6H12O7.H3O4P.H2O4S/c7-1-2(8)3(9)4(10)5(11)6(12)13;2*1-5(2,3)4/h2-5,7-11H,1H2,(H,12,13);(H3,1,2,3,4);(H2,1,2,3,4).